The van der Waals surface area contributed by atoms with Gasteiger partial charge in [0.25, 0.3) is 0 Å². The molecular formula is C15H15N3OS2. The van der Waals surface area contributed by atoms with Crippen molar-refractivity contribution < 1.29 is 4.79 Å². The average Bonchev–Trinajstić information content (AvgIpc) is 3.11. The van der Waals surface area contributed by atoms with Gasteiger partial charge in [-0.05, 0) is 48.9 Å². The minimum absolute atomic E-state index is 0.353. The number of aryl methyl sites for hydroxylation is 2. The molecule has 2 aliphatic rings. The lowest BCUT2D eigenvalue weighted by Gasteiger charge is -2.14. The van der Waals surface area contributed by atoms with Crippen molar-refractivity contribution in [2.24, 2.45) is 10.7 Å². The average molecular weight is 317 g/mol. The van der Waals surface area contributed by atoms with Gasteiger partial charge in [0.05, 0.1) is 10.2 Å². The number of aliphatic imine (C=N–C) groups is 1. The number of fused-ring (bicyclic) bond motifs is 2. The Kier molecular flexibility index (Phi) is 3.23. The third-order valence-electron chi connectivity index (χ3n) is 4.01. The van der Waals surface area contributed by atoms with Crippen LogP contribution in [-0.4, -0.2) is 27.7 Å². The van der Waals surface area contributed by atoms with Crippen molar-refractivity contribution in [3.63, 3.8) is 0 Å². The van der Waals surface area contributed by atoms with Crippen LogP contribution < -0.4 is 5.73 Å². The number of hydrogen-bond acceptors (Lipinski definition) is 5. The summed E-state index contributed by atoms with van der Waals surface area (Å²) in [5, 5.41) is 1.78. The van der Waals surface area contributed by atoms with Crippen LogP contribution in [0.2, 0.25) is 0 Å². The lowest BCUT2D eigenvalue weighted by atomic mass is 9.92. The number of aromatic nitrogens is 1. The molecule has 2 aromatic rings. The van der Waals surface area contributed by atoms with E-state index in [1.165, 1.54) is 35.1 Å². The van der Waals surface area contributed by atoms with Crippen molar-refractivity contribution in [1.29, 1.82) is 0 Å². The van der Waals surface area contributed by atoms with Crippen molar-refractivity contribution >= 4 is 44.3 Å². The van der Waals surface area contributed by atoms with E-state index in [0.717, 1.165) is 22.0 Å². The van der Waals surface area contributed by atoms with E-state index in [1.807, 2.05) is 0 Å². The molecule has 0 bridgehead atoms. The molecule has 0 spiro atoms. The van der Waals surface area contributed by atoms with Crippen molar-refractivity contribution in [3.05, 3.63) is 28.3 Å². The van der Waals surface area contributed by atoms with Gasteiger partial charge in [0.1, 0.15) is 16.1 Å². The number of thiazole rings is 1. The molecule has 2 N–H and O–H groups in total. The molecule has 0 unspecified atom stereocenters. The van der Waals surface area contributed by atoms with Crippen molar-refractivity contribution in [2.45, 2.75) is 31.7 Å². The van der Waals surface area contributed by atoms with Gasteiger partial charge in [0.15, 0.2) is 0 Å². The first kappa shape index (κ1) is 13.3. The van der Waals surface area contributed by atoms with E-state index in [9.17, 15) is 4.79 Å². The number of nitrogens with zero attached hydrogens (tertiary/aromatic N) is 2. The maximum absolute atomic E-state index is 11.2. The normalized spacial score (nSPS) is 21.3. The molecule has 1 aromatic heterocycles. The van der Waals surface area contributed by atoms with Gasteiger partial charge in [0.2, 0.25) is 5.91 Å². The van der Waals surface area contributed by atoms with E-state index < -0.39 is 6.04 Å². The number of primary amides is 1. The van der Waals surface area contributed by atoms with Crippen LogP contribution in [0, 0.1) is 0 Å². The second-order valence-electron chi connectivity index (χ2n) is 5.48. The highest BCUT2D eigenvalue weighted by Gasteiger charge is 2.25. The zero-order valence-corrected chi connectivity index (χ0v) is 13.1. The Morgan fingerprint density at radius 1 is 1.24 bits per heavy atom. The molecule has 0 saturated heterocycles. The molecule has 1 amide bonds. The Bertz CT molecular complexity index is 723. The van der Waals surface area contributed by atoms with Crippen LogP contribution in [0.1, 0.15) is 29.0 Å². The second kappa shape index (κ2) is 5.10. The van der Waals surface area contributed by atoms with Gasteiger partial charge < -0.3 is 5.73 Å². The Labute approximate surface area is 130 Å². The Morgan fingerprint density at radius 3 is 2.71 bits per heavy atom. The van der Waals surface area contributed by atoms with E-state index >= 15 is 0 Å². The number of benzene rings is 1. The zero-order chi connectivity index (χ0) is 14.4. The SMILES string of the molecule is NC(=O)[C@H]1CSC(c2nc3cc4c(cc3s2)CCCC4)=N1. The Morgan fingerprint density at radius 2 is 2.00 bits per heavy atom. The topological polar surface area (TPSA) is 68.3 Å². The predicted octanol–water partition coefficient (Wildman–Crippen LogP) is 2.52. The molecule has 4 rings (SSSR count). The lowest BCUT2D eigenvalue weighted by molar-refractivity contribution is -0.118. The van der Waals surface area contributed by atoms with Crippen molar-refractivity contribution in [3.8, 4) is 0 Å². The van der Waals surface area contributed by atoms with Crippen molar-refractivity contribution in [1.82, 2.24) is 4.98 Å². The van der Waals surface area contributed by atoms with Crippen LogP contribution in [0.15, 0.2) is 17.1 Å². The third-order valence-corrected chi connectivity index (χ3v) is 6.22. The summed E-state index contributed by atoms with van der Waals surface area (Å²) in [6.45, 7) is 0. The van der Waals surface area contributed by atoms with Gasteiger partial charge in [-0.15, -0.1) is 23.1 Å². The number of amides is 1. The van der Waals surface area contributed by atoms with Crippen LogP contribution >= 0.6 is 23.1 Å². The molecular weight excluding hydrogens is 302 g/mol. The quantitative estimate of drug-likeness (QED) is 0.925. The zero-order valence-electron chi connectivity index (χ0n) is 11.5. The fraction of sp³-hybridized carbons (Fsp3) is 0.400. The number of carbonyl (C=O) groups is 1. The summed E-state index contributed by atoms with van der Waals surface area (Å²) >= 11 is 3.24. The van der Waals surface area contributed by atoms with Gasteiger partial charge in [-0.3, -0.25) is 9.79 Å². The molecule has 4 nitrogen and oxygen atoms in total. The summed E-state index contributed by atoms with van der Waals surface area (Å²) in [6.07, 6.45) is 4.90. The van der Waals surface area contributed by atoms with E-state index in [0.29, 0.717) is 5.75 Å². The Hall–Kier alpha value is -1.40. The summed E-state index contributed by atoms with van der Waals surface area (Å²) in [5.41, 5.74) is 9.29. The maximum Gasteiger partial charge on any atom is 0.243 e. The van der Waals surface area contributed by atoms with E-state index in [4.69, 9.17) is 10.7 Å². The first-order valence-corrected chi connectivity index (χ1v) is 8.93. The van der Waals surface area contributed by atoms with Crippen LogP contribution in [-0.2, 0) is 17.6 Å². The number of hydrogen-bond donors (Lipinski definition) is 1. The fourth-order valence-corrected chi connectivity index (χ4v) is 5.01. The molecule has 0 saturated carbocycles. The Balaban J connectivity index is 1.74. The lowest BCUT2D eigenvalue weighted by Crippen LogP contribution is -2.26. The third kappa shape index (κ3) is 2.36. The minimum atomic E-state index is -0.398. The summed E-state index contributed by atoms with van der Waals surface area (Å²) in [6, 6.07) is 4.12. The minimum Gasteiger partial charge on any atom is -0.368 e. The van der Waals surface area contributed by atoms with Gasteiger partial charge in [-0.25, -0.2) is 4.98 Å². The highest BCUT2D eigenvalue weighted by atomic mass is 32.2. The molecule has 108 valence electrons. The fourth-order valence-electron chi connectivity index (χ4n) is 2.88. The van der Waals surface area contributed by atoms with Crippen LogP contribution in [0.25, 0.3) is 10.2 Å². The monoisotopic (exact) mass is 317 g/mol. The first-order chi connectivity index (χ1) is 10.2. The molecule has 1 atom stereocenters. The van der Waals surface area contributed by atoms with E-state index in [1.54, 1.807) is 23.1 Å². The maximum atomic E-state index is 11.2. The number of nitrogens with two attached hydrogens (primary N) is 1. The largest absolute Gasteiger partial charge is 0.368 e. The second-order valence-corrected chi connectivity index (χ2v) is 7.52. The standard InChI is InChI=1S/C15H15N3OS2/c16-13(19)11-7-20-14(18-11)15-17-10-5-8-3-1-2-4-9(8)6-12(10)21-15/h5-6,11H,1-4,7H2,(H2,16,19)/t11-/m1/s1. The van der Waals surface area contributed by atoms with Crippen LogP contribution in [0.4, 0.5) is 0 Å². The summed E-state index contributed by atoms with van der Waals surface area (Å²) in [5.74, 6) is 0.283. The molecule has 0 fully saturated rings. The molecule has 2 heterocycles. The van der Waals surface area contributed by atoms with E-state index in [-0.39, 0.29) is 5.91 Å². The molecule has 1 aromatic carbocycles. The molecule has 0 radical (unpaired) electrons. The highest BCUT2D eigenvalue weighted by Crippen LogP contribution is 2.33. The number of thioether (sulfide) groups is 1. The summed E-state index contributed by atoms with van der Waals surface area (Å²) < 4.78 is 1.22. The van der Waals surface area contributed by atoms with E-state index in [2.05, 4.69) is 17.1 Å². The molecule has 6 heteroatoms. The molecule has 1 aliphatic carbocycles. The summed E-state index contributed by atoms with van der Waals surface area (Å²) in [7, 11) is 0. The molecule has 21 heavy (non-hydrogen) atoms. The van der Waals surface area contributed by atoms with Crippen LogP contribution in [0.5, 0.6) is 0 Å². The number of rotatable bonds is 2. The van der Waals surface area contributed by atoms with Gasteiger partial charge >= 0.3 is 0 Å². The van der Waals surface area contributed by atoms with Gasteiger partial charge in [0, 0.05) is 5.75 Å². The predicted molar refractivity (Wildman–Crippen MR) is 88.2 cm³/mol. The van der Waals surface area contributed by atoms with Gasteiger partial charge in [-0.2, -0.15) is 0 Å². The van der Waals surface area contributed by atoms with Crippen molar-refractivity contribution in [2.75, 3.05) is 5.75 Å². The summed E-state index contributed by atoms with van der Waals surface area (Å²) in [4.78, 5) is 20.3. The first-order valence-electron chi connectivity index (χ1n) is 7.13. The highest BCUT2D eigenvalue weighted by molar-refractivity contribution is 8.15. The smallest absolute Gasteiger partial charge is 0.243 e. The number of carbonyl (C=O) groups excluding carboxylic acids is 1. The van der Waals surface area contributed by atoms with Gasteiger partial charge in [-0.1, -0.05) is 0 Å². The molecule has 1 aliphatic heterocycles. The van der Waals surface area contributed by atoms with Crippen LogP contribution in [0.3, 0.4) is 0 Å².